The maximum absolute atomic E-state index is 5.76. The van der Waals surface area contributed by atoms with E-state index < -0.39 is 0 Å². The van der Waals surface area contributed by atoms with E-state index in [9.17, 15) is 0 Å². The highest BCUT2D eigenvalue weighted by Gasteiger charge is 2.01. The van der Waals surface area contributed by atoms with Crippen LogP contribution in [0.2, 0.25) is 5.02 Å². The van der Waals surface area contributed by atoms with Crippen LogP contribution in [0.1, 0.15) is 0 Å². The highest BCUT2D eigenvalue weighted by atomic mass is 79.9. The Balaban J connectivity index is 3.03. The van der Waals surface area contributed by atoms with Gasteiger partial charge in [-0.3, -0.25) is 0 Å². The summed E-state index contributed by atoms with van der Waals surface area (Å²) < 4.78 is 1.27. The molecule has 0 atom stereocenters. The predicted molar refractivity (Wildman–Crippen MR) is 48.7 cm³/mol. The van der Waals surface area contributed by atoms with Gasteiger partial charge < -0.3 is 0 Å². The fourth-order valence-corrected chi connectivity index (χ4v) is 1.41. The zero-order valence-electron chi connectivity index (χ0n) is 4.89. The third-order valence-corrected chi connectivity index (χ3v) is 1.92. The summed E-state index contributed by atoms with van der Waals surface area (Å²) in [6.07, 6.45) is 0. The normalized spacial score (nSPS) is 9.50. The van der Waals surface area contributed by atoms with Crippen LogP contribution in [-0.4, -0.2) is 0 Å². The van der Waals surface area contributed by atoms with Crippen LogP contribution < -0.4 is 3.45 Å². The van der Waals surface area contributed by atoms with Gasteiger partial charge in [0.25, 0.3) is 0 Å². The molecule has 0 spiro atoms. The van der Waals surface area contributed by atoms with Crippen LogP contribution >= 0.6 is 39.5 Å². The van der Waals surface area contributed by atoms with Crippen molar-refractivity contribution in [3.8, 4) is 0 Å². The molecule has 54 valence electrons. The van der Waals surface area contributed by atoms with Gasteiger partial charge in [-0.2, -0.15) is 0 Å². The molecular formula is C6H4BrCl2N. The van der Waals surface area contributed by atoms with Gasteiger partial charge in [0, 0.05) is 11.8 Å². The standard InChI is InChI=1S/C6H4BrCl2N/c7-10(9)6-4-2-1-3-5(6)8/h1-4H. The summed E-state index contributed by atoms with van der Waals surface area (Å²) in [4.78, 5) is 0. The van der Waals surface area contributed by atoms with Gasteiger partial charge in [0.1, 0.15) is 0 Å². The van der Waals surface area contributed by atoms with Crippen molar-refractivity contribution in [1.82, 2.24) is 0 Å². The van der Waals surface area contributed by atoms with Crippen LogP contribution in [0.3, 0.4) is 0 Å². The second-order valence-electron chi connectivity index (χ2n) is 1.68. The molecule has 1 aromatic rings. The number of para-hydroxylation sites is 1. The summed E-state index contributed by atoms with van der Waals surface area (Å²) in [6, 6.07) is 7.29. The van der Waals surface area contributed by atoms with E-state index in [1.807, 2.05) is 18.2 Å². The quantitative estimate of drug-likeness (QED) is 0.678. The molecular weight excluding hydrogens is 237 g/mol. The molecule has 0 aliphatic carbocycles. The molecule has 1 aromatic carbocycles. The molecule has 10 heavy (non-hydrogen) atoms. The predicted octanol–water partition coefficient (Wildman–Crippen LogP) is 3.61. The van der Waals surface area contributed by atoms with Crippen molar-refractivity contribution < 1.29 is 0 Å². The Morgan fingerprint density at radius 3 is 2.30 bits per heavy atom. The third kappa shape index (κ3) is 1.78. The van der Waals surface area contributed by atoms with Crippen molar-refractivity contribution in [2.45, 2.75) is 0 Å². The third-order valence-electron chi connectivity index (χ3n) is 1.03. The van der Waals surface area contributed by atoms with E-state index >= 15 is 0 Å². The summed E-state index contributed by atoms with van der Waals surface area (Å²) in [7, 11) is 0. The fourth-order valence-electron chi connectivity index (χ4n) is 0.589. The minimum Gasteiger partial charge on any atom is -0.217 e. The van der Waals surface area contributed by atoms with Gasteiger partial charge in [0.2, 0.25) is 0 Å². The average molecular weight is 241 g/mol. The topological polar surface area (TPSA) is 3.24 Å². The Bertz CT molecular complexity index is 227. The molecule has 1 rings (SSSR count). The number of halogens is 3. The molecule has 4 heteroatoms. The van der Waals surface area contributed by atoms with E-state index in [-0.39, 0.29) is 0 Å². The first-order valence-corrected chi connectivity index (χ1v) is 4.00. The molecule has 1 nitrogen and oxygen atoms in total. The maximum Gasteiger partial charge on any atom is 0.0838 e. The number of hydrogen-bond donors (Lipinski definition) is 0. The smallest absolute Gasteiger partial charge is 0.0838 e. The van der Waals surface area contributed by atoms with Crippen molar-refractivity contribution in [3.63, 3.8) is 0 Å². The van der Waals surface area contributed by atoms with Crippen LogP contribution in [0.4, 0.5) is 5.69 Å². The van der Waals surface area contributed by atoms with Gasteiger partial charge in [0.05, 0.1) is 26.9 Å². The zero-order chi connectivity index (χ0) is 7.56. The first kappa shape index (κ1) is 8.18. The lowest BCUT2D eigenvalue weighted by molar-refractivity contribution is 1.61. The Hall–Kier alpha value is 0.0800. The SMILES string of the molecule is Clc1ccccc1N(Cl)Br. The molecule has 0 radical (unpaired) electrons. The minimum absolute atomic E-state index is 0.620. The minimum atomic E-state index is 0.620. The number of anilines is 1. The van der Waals surface area contributed by atoms with Crippen LogP contribution in [0, 0.1) is 0 Å². The molecule has 0 unspecified atom stereocenters. The molecule has 0 heterocycles. The lowest BCUT2D eigenvalue weighted by Gasteiger charge is -2.06. The molecule has 0 aromatic heterocycles. The molecule has 0 saturated carbocycles. The second-order valence-corrected chi connectivity index (χ2v) is 3.55. The van der Waals surface area contributed by atoms with Crippen molar-refractivity contribution in [1.29, 1.82) is 0 Å². The molecule has 0 amide bonds. The summed E-state index contributed by atoms with van der Waals surface area (Å²) in [6.45, 7) is 0. The fraction of sp³-hybridized carbons (Fsp3) is 0. The molecule has 0 fully saturated rings. The van der Waals surface area contributed by atoms with E-state index in [1.165, 1.54) is 3.45 Å². The Morgan fingerprint density at radius 1 is 1.30 bits per heavy atom. The summed E-state index contributed by atoms with van der Waals surface area (Å²) >= 11 is 14.4. The number of nitrogens with zero attached hydrogens (tertiary/aromatic N) is 1. The van der Waals surface area contributed by atoms with Crippen LogP contribution in [-0.2, 0) is 0 Å². The molecule has 0 N–H and O–H groups in total. The molecule has 0 bridgehead atoms. The van der Waals surface area contributed by atoms with Crippen LogP contribution in [0.15, 0.2) is 24.3 Å². The Morgan fingerprint density at radius 2 is 1.90 bits per heavy atom. The van der Waals surface area contributed by atoms with E-state index in [1.54, 1.807) is 6.07 Å². The van der Waals surface area contributed by atoms with Crippen molar-refractivity contribution in [3.05, 3.63) is 29.3 Å². The van der Waals surface area contributed by atoms with Gasteiger partial charge in [0.15, 0.2) is 0 Å². The number of benzene rings is 1. The first-order valence-electron chi connectivity index (χ1n) is 2.58. The van der Waals surface area contributed by atoms with Gasteiger partial charge in [-0.15, -0.1) is 0 Å². The van der Waals surface area contributed by atoms with E-state index in [0.717, 1.165) is 5.69 Å². The highest BCUT2D eigenvalue weighted by Crippen LogP contribution is 2.28. The zero-order valence-corrected chi connectivity index (χ0v) is 7.99. The van der Waals surface area contributed by atoms with Crippen molar-refractivity contribution >= 4 is 45.2 Å². The van der Waals surface area contributed by atoms with E-state index in [4.69, 9.17) is 23.4 Å². The van der Waals surface area contributed by atoms with Gasteiger partial charge in [-0.05, 0) is 12.1 Å². The maximum atomic E-state index is 5.76. The van der Waals surface area contributed by atoms with Crippen molar-refractivity contribution in [2.24, 2.45) is 0 Å². The van der Waals surface area contributed by atoms with E-state index in [0.29, 0.717) is 5.02 Å². The largest absolute Gasteiger partial charge is 0.217 e. The van der Waals surface area contributed by atoms with Gasteiger partial charge in [-0.25, -0.2) is 3.45 Å². The number of hydrogen-bond acceptors (Lipinski definition) is 1. The van der Waals surface area contributed by atoms with Crippen LogP contribution in [0.25, 0.3) is 0 Å². The summed E-state index contributed by atoms with van der Waals surface area (Å²) in [5, 5.41) is 0.620. The van der Waals surface area contributed by atoms with Crippen LogP contribution in [0.5, 0.6) is 0 Å². The Kier molecular flexibility index (Phi) is 2.83. The summed E-state index contributed by atoms with van der Waals surface area (Å²) in [5.74, 6) is 0. The monoisotopic (exact) mass is 239 g/mol. The van der Waals surface area contributed by atoms with Gasteiger partial charge in [-0.1, -0.05) is 23.7 Å². The Labute approximate surface area is 78.0 Å². The summed E-state index contributed by atoms with van der Waals surface area (Å²) in [5.41, 5.74) is 0.742. The molecule has 0 aliphatic rings. The van der Waals surface area contributed by atoms with Gasteiger partial charge >= 0.3 is 0 Å². The molecule has 0 aliphatic heterocycles. The lowest BCUT2D eigenvalue weighted by atomic mass is 10.3. The number of rotatable bonds is 1. The highest BCUT2D eigenvalue weighted by molar-refractivity contribution is 9.10. The first-order chi connectivity index (χ1) is 4.72. The lowest BCUT2D eigenvalue weighted by Crippen LogP contribution is -1.90. The molecule has 0 saturated heterocycles. The average Bonchev–Trinajstić information content (AvgIpc) is 1.88. The van der Waals surface area contributed by atoms with E-state index in [2.05, 4.69) is 16.1 Å². The second kappa shape index (κ2) is 3.46. The van der Waals surface area contributed by atoms with Crippen molar-refractivity contribution in [2.75, 3.05) is 3.45 Å².